The molecule has 2 N–H and O–H groups in total. The minimum absolute atomic E-state index is 0.0229. The number of ether oxygens (including phenoxy) is 2. The average molecular weight is 891 g/mol. The lowest BCUT2D eigenvalue weighted by Crippen LogP contribution is -2.57. The summed E-state index contributed by atoms with van der Waals surface area (Å²) in [5.74, 6) is -1.09. The van der Waals surface area contributed by atoms with E-state index in [4.69, 9.17) is 14.5 Å². The molecule has 0 bridgehead atoms. The molecule has 2 aliphatic carbocycles. The quantitative estimate of drug-likeness (QED) is 0.214. The number of fused-ring (bicyclic) bond motifs is 3. The maximum absolute atomic E-state index is 15.1. The highest BCUT2D eigenvalue weighted by atomic mass is 32.2. The van der Waals surface area contributed by atoms with Crippen LogP contribution in [0.4, 0.5) is 5.82 Å². The Kier molecular flexibility index (Phi) is 12.3. The number of anilines is 1. The van der Waals surface area contributed by atoms with Gasteiger partial charge in [-0.3, -0.25) is 28.9 Å². The molecule has 5 aliphatic rings. The van der Waals surface area contributed by atoms with Crippen LogP contribution in [0.15, 0.2) is 85.3 Å². The number of methoxy groups -OCH3 is 1. The highest BCUT2D eigenvalue weighted by Crippen LogP contribution is 2.46. The van der Waals surface area contributed by atoms with Crippen LogP contribution in [0.25, 0.3) is 22.2 Å². The van der Waals surface area contributed by atoms with E-state index >= 15 is 4.79 Å². The Morgan fingerprint density at radius 1 is 0.969 bits per heavy atom. The fourth-order valence-corrected chi connectivity index (χ4v) is 10.7. The zero-order chi connectivity index (χ0) is 44.4. The van der Waals surface area contributed by atoms with Crippen molar-refractivity contribution in [3.63, 3.8) is 0 Å². The molecule has 3 aliphatic heterocycles. The van der Waals surface area contributed by atoms with Gasteiger partial charge in [0.15, 0.2) is 0 Å². The first-order chi connectivity index (χ1) is 31.0. The number of benzene rings is 2. The molecule has 17 heteroatoms. The summed E-state index contributed by atoms with van der Waals surface area (Å²) >= 11 is 0. The third-order valence-electron chi connectivity index (χ3n) is 13.2. The minimum Gasteiger partial charge on any atom is -0.497 e. The molecule has 2 saturated heterocycles. The summed E-state index contributed by atoms with van der Waals surface area (Å²) in [4.78, 5) is 76.7. The number of amides is 4. The van der Waals surface area contributed by atoms with Gasteiger partial charge >= 0.3 is 0 Å². The normalized spacial score (nSPS) is 25.4. The summed E-state index contributed by atoms with van der Waals surface area (Å²) in [6.07, 6.45) is 12.9. The third kappa shape index (κ3) is 9.26. The number of piperazine rings is 1. The predicted octanol–water partition coefficient (Wildman–Crippen LogP) is 4.41. The molecular weight excluding hydrogens is 837 g/mol. The van der Waals surface area contributed by atoms with Crippen LogP contribution in [-0.4, -0.2) is 120 Å². The van der Waals surface area contributed by atoms with E-state index in [0.717, 1.165) is 24.2 Å². The minimum atomic E-state index is -3.91. The van der Waals surface area contributed by atoms with Crippen LogP contribution in [0.2, 0.25) is 0 Å². The number of aromatic nitrogens is 3. The Morgan fingerprint density at radius 3 is 2.53 bits per heavy atom. The number of allylic oxidation sites excluding steroid dienone is 1. The van der Waals surface area contributed by atoms with Crippen molar-refractivity contribution in [2.45, 2.75) is 87.1 Å². The topological polar surface area (TPSA) is 193 Å². The molecule has 336 valence electrons. The molecule has 64 heavy (non-hydrogen) atoms. The van der Waals surface area contributed by atoms with Crippen molar-refractivity contribution in [2.75, 3.05) is 44.7 Å². The maximum atomic E-state index is 15.1. The first-order valence-electron chi connectivity index (χ1n) is 22.4. The third-order valence-corrected chi connectivity index (χ3v) is 15.0. The van der Waals surface area contributed by atoms with Crippen LogP contribution in [0, 0.1) is 11.8 Å². The van der Waals surface area contributed by atoms with E-state index < -0.39 is 56.6 Å². The fraction of sp³-hybridized carbons (Fsp3) is 0.468. The summed E-state index contributed by atoms with van der Waals surface area (Å²) < 4.78 is 40.6. The summed E-state index contributed by atoms with van der Waals surface area (Å²) in [5, 5.41) is 3.04. The molecule has 9 rings (SSSR count). The van der Waals surface area contributed by atoms with Crippen LogP contribution >= 0.6 is 0 Å². The lowest BCUT2D eigenvalue weighted by atomic mass is 9.94. The summed E-state index contributed by atoms with van der Waals surface area (Å²) in [5.41, 5.74) is 0.664. The average Bonchev–Trinajstić information content (AvgIpc) is 4.25. The Balaban J connectivity index is 1.01. The summed E-state index contributed by atoms with van der Waals surface area (Å²) in [6, 6.07) is 16.0. The first-order valence-corrected chi connectivity index (χ1v) is 23.9. The number of hydrogen-bond donors (Lipinski definition) is 2. The molecule has 4 fully saturated rings. The van der Waals surface area contributed by atoms with Gasteiger partial charge in [-0.05, 0) is 50.7 Å². The SMILES string of the molecule is COc1ccc2c(O[C@@H]3C[C@H]4C(=O)N[C@]5(C(=O)NS(=O)(=O)C6CC6)CC5C=CCCCCC[C@H](CC(=O)N5CCN(c6cnccn6)CC5)C(=O)N4C3)cc(-c3ccccc3)nc2c1. The Hall–Kier alpha value is -6.10. The standard InChI is InChI=1S/C47H54N8O8S/c1-62-34-14-17-37-39(25-34)50-38(31-10-7-5-8-11-31)27-41(37)63-35-26-40-44(57)51-47(46(59)52-64(60,61)36-15-16-36)28-33(47)13-9-4-2-3-6-12-32(45(58)55(40)30-35)24-43(56)54-22-20-53(21-23-54)42-29-48-18-19-49-42/h5,7-11,13-14,17-19,25,27,29,32-33,35-36,40H,2-4,6,12,15-16,20-24,26,28,30H2,1H3,(H,51,57)(H,52,59)/t32-,33?,35-,40+,47-/m1/s1. The van der Waals surface area contributed by atoms with Gasteiger partial charge in [0.25, 0.3) is 5.91 Å². The van der Waals surface area contributed by atoms with Crippen LogP contribution in [0.5, 0.6) is 11.5 Å². The molecule has 16 nitrogen and oxygen atoms in total. The van der Waals surface area contributed by atoms with E-state index in [0.29, 0.717) is 86.4 Å². The number of sulfonamides is 1. The van der Waals surface area contributed by atoms with Gasteiger partial charge in [-0.15, -0.1) is 0 Å². The van der Waals surface area contributed by atoms with Crippen molar-refractivity contribution in [1.29, 1.82) is 0 Å². The Labute approximate surface area is 372 Å². The fourth-order valence-electron chi connectivity index (χ4n) is 9.30. The number of hydrogen-bond acceptors (Lipinski definition) is 12. The molecule has 1 unspecified atom stereocenters. The van der Waals surface area contributed by atoms with Crippen LogP contribution in [-0.2, 0) is 29.2 Å². The second-order valence-corrected chi connectivity index (χ2v) is 19.5. The summed E-state index contributed by atoms with van der Waals surface area (Å²) in [7, 11) is -2.32. The van der Waals surface area contributed by atoms with Crippen LogP contribution in [0.3, 0.4) is 0 Å². The molecule has 2 aromatic heterocycles. The van der Waals surface area contributed by atoms with Gasteiger partial charge in [-0.25, -0.2) is 18.4 Å². The largest absolute Gasteiger partial charge is 0.497 e. The molecule has 0 radical (unpaired) electrons. The van der Waals surface area contributed by atoms with Crippen molar-refractivity contribution in [3.05, 3.63) is 85.3 Å². The lowest BCUT2D eigenvalue weighted by Gasteiger charge is -2.36. The number of nitrogens with zero attached hydrogens (tertiary/aromatic N) is 6. The van der Waals surface area contributed by atoms with Gasteiger partial charge in [0, 0.05) is 86.3 Å². The molecule has 2 aromatic carbocycles. The molecule has 0 spiro atoms. The highest BCUT2D eigenvalue weighted by molar-refractivity contribution is 7.91. The van der Waals surface area contributed by atoms with Gasteiger partial charge in [0.05, 0.1) is 36.3 Å². The molecule has 5 atom stereocenters. The van der Waals surface area contributed by atoms with Crippen molar-refractivity contribution in [1.82, 2.24) is 34.8 Å². The number of rotatable bonds is 10. The van der Waals surface area contributed by atoms with Crippen LogP contribution < -0.4 is 24.4 Å². The molecular formula is C47H54N8O8S. The predicted molar refractivity (Wildman–Crippen MR) is 238 cm³/mol. The number of nitrogens with one attached hydrogen (secondary N) is 2. The Morgan fingerprint density at radius 2 is 1.78 bits per heavy atom. The smallest absolute Gasteiger partial charge is 0.259 e. The molecule has 4 amide bonds. The second-order valence-electron chi connectivity index (χ2n) is 17.6. The molecule has 4 aromatic rings. The van der Waals surface area contributed by atoms with E-state index in [2.05, 4.69) is 24.9 Å². The van der Waals surface area contributed by atoms with Crippen molar-refractivity contribution < 1.29 is 37.1 Å². The van der Waals surface area contributed by atoms with Gasteiger partial charge in [0.1, 0.15) is 35.0 Å². The summed E-state index contributed by atoms with van der Waals surface area (Å²) in [6.45, 7) is 2.12. The Bertz CT molecular complexity index is 2530. The highest BCUT2D eigenvalue weighted by Gasteiger charge is 2.62. The van der Waals surface area contributed by atoms with Gasteiger partial charge in [-0.2, -0.15) is 0 Å². The number of pyridine rings is 1. The molecule has 5 heterocycles. The number of carbonyl (C=O) groups is 4. The van der Waals surface area contributed by atoms with E-state index in [1.54, 1.807) is 30.6 Å². The van der Waals surface area contributed by atoms with Crippen LogP contribution in [0.1, 0.15) is 64.2 Å². The van der Waals surface area contributed by atoms with Gasteiger partial charge < -0.3 is 29.5 Å². The monoisotopic (exact) mass is 890 g/mol. The zero-order valence-electron chi connectivity index (χ0n) is 35.9. The van der Waals surface area contributed by atoms with E-state index in [1.807, 2.05) is 66.7 Å². The van der Waals surface area contributed by atoms with Gasteiger partial charge in [0.2, 0.25) is 27.7 Å². The van der Waals surface area contributed by atoms with E-state index in [9.17, 15) is 22.8 Å². The van der Waals surface area contributed by atoms with Gasteiger partial charge in [-0.1, -0.05) is 55.3 Å². The van der Waals surface area contributed by atoms with Crippen molar-refractivity contribution in [2.24, 2.45) is 11.8 Å². The maximum Gasteiger partial charge on any atom is 0.259 e. The first kappa shape index (κ1) is 43.2. The van der Waals surface area contributed by atoms with Crippen molar-refractivity contribution >= 4 is 50.4 Å². The molecule has 2 saturated carbocycles. The second kappa shape index (κ2) is 18.2. The lowest BCUT2D eigenvalue weighted by molar-refractivity contribution is -0.145. The van der Waals surface area contributed by atoms with Crippen molar-refractivity contribution in [3.8, 4) is 22.8 Å². The number of carbonyl (C=O) groups excluding carboxylic acids is 4. The van der Waals surface area contributed by atoms with E-state index in [1.165, 1.54) is 4.90 Å². The zero-order valence-corrected chi connectivity index (χ0v) is 36.8. The van der Waals surface area contributed by atoms with E-state index in [-0.39, 0.29) is 37.6 Å².